The van der Waals surface area contributed by atoms with Gasteiger partial charge in [-0.25, -0.2) is 8.78 Å². The van der Waals surface area contributed by atoms with Crippen molar-refractivity contribution in [1.29, 1.82) is 0 Å². The lowest BCUT2D eigenvalue weighted by Gasteiger charge is -2.24. The maximum absolute atomic E-state index is 13.6. The summed E-state index contributed by atoms with van der Waals surface area (Å²) >= 11 is 0. The smallest absolute Gasteiger partial charge is 0.130 e. The van der Waals surface area contributed by atoms with Crippen LogP contribution in [0.3, 0.4) is 0 Å². The summed E-state index contributed by atoms with van der Waals surface area (Å²) in [5.74, 6) is -1.19. The molecule has 1 fully saturated rings. The molecule has 0 spiro atoms. The molecule has 0 aliphatic carbocycles. The molecule has 0 saturated carbocycles. The minimum absolute atomic E-state index is 0.135. The highest BCUT2D eigenvalue weighted by atomic mass is 19.1. The second kappa shape index (κ2) is 8.53. The summed E-state index contributed by atoms with van der Waals surface area (Å²) in [4.78, 5) is 0. The number of aliphatic hydroxyl groups excluding tert-OH is 1. The van der Waals surface area contributed by atoms with Crippen molar-refractivity contribution in [3.05, 3.63) is 35.4 Å². The molecule has 0 amide bonds. The summed E-state index contributed by atoms with van der Waals surface area (Å²) in [5, 5.41) is 12.9. The van der Waals surface area contributed by atoms with Crippen LogP contribution in [0.4, 0.5) is 8.78 Å². The summed E-state index contributed by atoms with van der Waals surface area (Å²) in [7, 11) is 0. The van der Waals surface area contributed by atoms with Gasteiger partial charge in [-0.2, -0.15) is 0 Å². The van der Waals surface area contributed by atoms with E-state index < -0.39 is 17.7 Å². The van der Waals surface area contributed by atoms with Gasteiger partial charge in [-0.1, -0.05) is 6.07 Å². The van der Waals surface area contributed by atoms with E-state index in [-0.39, 0.29) is 25.3 Å². The van der Waals surface area contributed by atoms with E-state index in [0.29, 0.717) is 18.8 Å². The SMILES string of the molecule is CC(NCC(O)COC1CCOCC1)c1ccc(F)cc1F. The van der Waals surface area contributed by atoms with Crippen molar-refractivity contribution in [2.24, 2.45) is 0 Å². The van der Waals surface area contributed by atoms with E-state index in [0.717, 1.165) is 18.9 Å². The molecule has 1 aliphatic rings. The fourth-order valence-corrected chi connectivity index (χ4v) is 2.42. The third-order valence-electron chi connectivity index (χ3n) is 3.78. The molecule has 2 unspecified atom stereocenters. The second-order valence-electron chi connectivity index (χ2n) is 5.59. The third-order valence-corrected chi connectivity index (χ3v) is 3.78. The zero-order valence-corrected chi connectivity index (χ0v) is 12.7. The third kappa shape index (κ3) is 5.28. The quantitative estimate of drug-likeness (QED) is 0.810. The van der Waals surface area contributed by atoms with Gasteiger partial charge in [0, 0.05) is 37.4 Å². The van der Waals surface area contributed by atoms with Gasteiger partial charge in [-0.05, 0) is 25.8 Å². The van der Waals surface area contributed by atoms with Gasteiger partial charge in [-0.3, -0.25) is 0 Å². The fourth-order valence-electron chi connectivity index (χ4n) is 2.42. The first-order valence-corrected chi connectivity index (χ1v) is 7.62. The van der Waals surface area contributed by atoms with E-state index in [2.05, 4.69) is 5.32 Å². The number of hydrogen-bond acceptors (Lipinski definition) is 4. The molecule has 1 aliphatic heterocycles. The average molecular weight is 315 g/mol. The van der Waals surface area contributed by atoms with E-state index in [9.17, 15) is 13.9 Å². The minimum atomic E-state index is -0.672. The van der Waals surface area contributed by atoms with E-state index in [1.165, 1.54) is 12.1 Å². The van der Waals surface area contributed by atoms with Crippen LogP contribution in [0.1, 0.15) is 31.4 Å². The van der Waals surface area contributed by atoms with Crippen molar-refractivity contribution < 1.29 is 23.4 Å². The molecular formula is C16H23F2NO3. The summed E-state index contributed by atoms with van der Waals surface area (Å²) in [6, 6.07) is 3.17. The first kappa shape index (κ1) is 17.3. The standard InChI is InChI=1S/C16H23F2NO3/c1-11(15-3-2-12(17)8-16(15)18)19-9-13(20)10-22-14-4-6-21-7-5-14/h2-3,8,11,13-14,19-20H,4-7,9-10H2,1H3. The Balaban J connectivity index is 1.71. The molecule has 4 nitrogen and oxygen atoms in total. The zero-order chi connectivity index (χ0) is 15.9. The number of rotatable bonds is 7. The van der Waals surface area contributed by atoms with Crippen LogP contribution in [0.2, 0.25) is 0 Å². The Kier molecular flexibility index (Phi) is 6.70. The predicted molar refractivity (Wildman–Crippen MR) is 78.6 cm³/mol. The van der Waals surface area contributed by atoms with Crippen LogP contribution in [0.5, 0.6) is 0 Å². The Bertz CT molecular complexity index is 467. The molecule has 22 heavy (non-hydrogen) atoms. The molecule has 2 atom stereocenters. The monoisotopic (exact) mass is 315 g/mol. The van der Waals surface area contributed by atoms with E-state index >= 15 is 0 Å². The second-order valence-corrected chi connectivity index (χ2v) is 5.59. The molecular weight excluding hydrogens is 292 g/mol. The Hall–Kier alpha value is -1.08. The Morgan fingerprint density at radius 1 is 1.36 bits per heavy atom. The van der Waals surface area contributed by atoms with Crippen molar-refractivity contribution in [3.63, 3.8) is 0 Å². The van der Waals surface area contributed by atoms with Gasteiger partial charge in [-0.15, -0.1) is 0 Å². The minimum Gasteiger partial charge on any atom is -0.389 e. The van der Waals surface area contributed by atoms with Crippen LogP contribution in [-0.4, -0.2) is 43.7 Å². The highest BCUT2D eigenvalue weighted by Crippen LogP contribution is 2.17. The van der Waals surface area contributed by atoms with Gasteiger partial charge in [0.25, 0.3) is 0 Å². The molecule has 1 aromatic rings. The zero-order valence-electron chi connectivity index (χ0n) is 12.7. The Morgan fingerprint density at radius 2 is 2.09 bits per heavy atom. The highest BCUT2D eigenvalue weighted by molar-refractivity contribution is 5.21. The van der Waals surface area contributed by atoms with E-state index in [1.54, 1.807) is 6.92 Å². The molecule has 2 rings (SSSR count). The molecule has 1 heterocycles. The Labute approximate surface area is 129 Å². The van der Waals surface area contributed by atoms with E-state index in [1.807, 2.05) is 0 Å². The number of halogens is 2. The maximum atomic E-state index is 13.6. The van der Waals surface area contributed by atoms with Crippen LogP contribution in [0.15, 0.2) is 18.2 Å². The molecule has 124 valence electrons. The largest absolute Gasteiger partial charge is 0.389 e. The molecule has 6 heteroatoms. The van der Waals surface area contributed by atoms with Gasteiger partial charge < -0.3 is 19.9 Å². The molecule has 0 aromatic heterocycles. The van der Waals surface area contributed by atoms with Crippen LogP contribution < -0.4 is 5.32 Å². The van der Waals surface area contributed by atoms with Crippen LogP contribution in [0.25, 0.3) is 0 Å². The predicted octanol–water partition coefficient (Wildman–Crippen LogP) is 2.17. The summed E-state index contributed by atoms with van der Waals surface area (Å²) in [5.41, 5.74) is 0.374. The van der Waals surface area contributed by atoms with Crippen molar-refractivity contribution in [3.8, 4) is 0 Å². The topological polar surface area (TPSA) is 50.7 Å². The van der Waals surface area contributed by atoms with Gasteiger partial charge in [0.1, 0.15) is 11.6 Å². The average Bonchev–Trinajstić information content (AvgIpc) is 2.51. The number of ether oxygens (including phenoxy) is 2. The number of aliphatic hydroxyl groups is 1. The number of hydrogen-bond donors (Lipinski definition) is 2. The molecule has 0 bridgehead atoms. The van der Waals surface area contributed by atoms with Gasteiger partial charge in [0.05, 0.1) is 18.8 Å². The van der Waals surface area contributed by atoms with E-state index in [4.69, 9.17) is 9.47 Å². The Morgan fingerprint density at radius 3 is 2.77 bits per heavy atom. The fraction of sp³-hybridized carbons (Fsp3) is 0.625. The first-order chi connectivity index (χ1) is 10.6. The van der Waals surface area contributed by atoms with Crippen molar-refractivity contribution >= 4 is 0 Å². The van der Waals surface area contributed by atoms with Crippen molar-refractivity contribution in [1.82, 2.24) is 5.32 Å². The maximum Gasteiger partial charge on any atom is 0.130 e. The molecule has 1 saturated heterocycles. The number of benzene rings is 1. The summed E-state index contributed by atoms with van der Waals surface area (Å²) in [6.45, 7) is 3.67. The lowest BCUT2D eigenvalue weighted by Crippen LogP contribution is -2.34. The normalized spacial score (nSPS) is 19.1. The van der Waals surface area contributed by atoms with Crippen LogP contribution in [-0.2, 0) is 9.47 Å². The molecule has 0 radical (unpaired) electrons. The lowest BCUT2D eigenvalue weighted by atomic mass is 10.1. The number of nitrogens with one attached hydrogen (secondary N) is 1. The summed E-state index contributed by atoms with van der Waals surface area (Å²) in [6.07, 6.45) is 1.15. The molecule has 2 N–H and O–H groups in total. The van der Waals surface area contributed by atoms with Gasteiger partial charge in [0.2, 0.25) is 0 Å². The summed E-state index contributed by atoms with van der Waals surface area (Å²) < 4.78 is 37.4. The van der Waals surface area contributed by atoms with Gasteiger partial charge in [0.15, 0.2) is 0 Å². The molecule has 1 aromatic carbocycles. The first-order valence-electron chi connectivity index (χ1n) is 7.62. The van der Waals surface area contributed by atoms with Crippen LogP contribution >= 0.6 is 0 Å². The van der Waals surface area contributed by atoms with Crippen molar-refractivity contribution in [2.45, 2.75) is 38.0 Å². The lowest BCUT2D eigenvalue weighted by molar-refractivity contribution is -0.0588. The van der Waals surface area contributed by atoms with Crippen molar-refractivity contribution in [2.75, 3.05) is 26.4 Å². The van der Waals surface area contributed by atoms with Crippen LogP contribution in [0, 0.1) is 11.6 Å². The van der Waals surface area contributed by atoms with Gasteiger partial charge >= 0.3 is 0 Å². The highest BCUT2D eigenvalue weighted by Gasteiger charge is 2.17.